The third-order valence-electron chi connectivity index (χ3n) is 6.03. The minimum atomic E-state index is -3.45. The number of hydrogen-bond acceptors (Lipinski definition) is 5. The van der Waals surface area contributed by atoms with Crippen molar-refractivity contribution in [3.05, 3.63) is 17.1 Å². The highest BCUT2D eigenvalue weighted by atomic mass is 32.2. The van der Waals surface area contributed by atoms with Crippen molar-refractivity contribution in [3.63, 3.8) is 0 Å². The van der Waals surface area contributed by atoms with Crippen LogP contribution >= 0.6 is 0 Å². The van der Waals surface area contributed by atoms with Gasteiger partial charge in [0.05, 0.1) is 0 Å². The lowest BCUT2D eigenvalue weighted by Crippen LogP contribution is -2.45. The molecule has 0 unspecified atom stereocenters. The van der Waals surface area contributed by atoms with E-state index in [9.17, 15) is 13.2 Å². The third kappa shape index (κ3) is 3.67. The summed E-state index contributed by atoms with van der Waals surface area (Å²) in [6, 6.07) is 0. The second kappa shape index (κ2) is 7.35. The Morgan fingerprint density at radius 3 is 2.57 bits per heavy atom. The number of rotatable bonds is 5. The van der Waals surface area contributed by atoms with Crippen LogP contribution in [0.3, 0.4) is 0 Å². The van der Waals surface area contributed by atoms with Crippen LogP contribution in [0.4, 0.5) is 5.82 Å². The average Bonchev–Trinajstić information content (AvgIpc) is 3.48. The molecule has 1 aromatic rings. The number of hydrogen-bond donors (Lipinski definition) is 0. The first-order chi connectivity index (χ1) is 13.3. The van der Waals surface area contributed by atoms with Gasteiger partial charge in [0.1, 0.15) is 11.6 Å². The largest absolute Gasteiger partial charge is 0.296 e. The first kappa shape index (κ1) is 19.7. The zero-order valence-electron chi connectivity index (χ0n) is 16.9. The lowest BCUT2D eigenvalue weighted by molar-refractivity contribution is -0.119. The number of amides is 1. The molecule has 0 radical (unpaired) electrons. The molecule has 0 aromatic carbocycles. The molecule has 154 valence electrons. The van der Waals surface area contributed by atoms with E-state index in [4.69, 9.17) is 9.97 Å². The van der Waals surface area contributed by atoms with Crippen LogP contribution in [-0.4, -0.2) is 66.6 Å². The van der Waals surface area contributed by atoms with Crippen LogP contribution < -0.4 is 4.90 Å². The summed E-state index contributed by atoms with van der Waals surface area (Å²) in [5, 5.41) is 0. The van der Waals surface area contributed by atoms with Crippen LogP contribution in [-0.2, 0) is 21.4 Å². The summed E-state index contributed by atoms with van der Waals surface area (Å²) in [6.45, 7) is 3.63. The second-order valence-corrected chi connectivity index (χ2v) is 10.5. The van der Waals surface area contributed by atoms with E-state index in [2.05, 4.69) is 0 Å². The van der Waals surface area contributed by atoms with Crippen LogP contribution in [0, 0.1) is 12.8 Å². The van der Waals surface area contributed by atoms with Crippen molar-refractivity contribution in [3.8, 4) is 0 Å². The van der Waals surface area contributed by atoms with Gasteiger partial charge in [0, 0.05) is 57.3 Å². The SMILES string of the molecule is Cc1nc([C@H]2CCCN(S(=O)(=O)N(C)C)C2)nc2c1CCC(=O)N2CC1CC1. The van der Waals surface area contributed by atoms with E-state index in [1.165, 1.54) is 21.5 Å². The molecule has 8 nitrogen and oxygen atoms in total. The molecule has 1 atom stereocenters. The topological polar surface area (TPSA) is 86.7 Å². The number of carbonyl (C=O) groups excluding carboxylic acids is 1. The van der Waals surface area contributed by atoms with E-state index < -0.39 is 10.2 Å². The number of piperidine rings is 1. The molecule has 0 N–H and O–H groups in total. The lowest BCUT2D eigenvalue weighted by Gasteiger charge is -2.34. The van der Waals surface area contributed by atoms with Gasteiger partial charge in [-0.2, -0.15) is 17.0 Å². The van der Waals surface area contributed by atoms with Crippen molar-refractivity contribution >= 4 is 21.9 Å². The first-order valence-corrected chi connectivity index (χ1v) is 11.5. The Hall–Kier alpha value is -1.58. The molecular formula is C19H29N5O3S. The van der Waals surface area contributed by atoms with Crippen molar-refractivity contribution < 1.29 is 13.2 Å². The van der Waals surface area contributed by atoms with E-state index in [0.29, 0.717) is 37.7 Å². The fourth-order valence-corrected chi connectivity index (χ4v) is 5.32. The van der Waals surface area contributed by atoms with Crippen molar-refractivity contribution in [1.82, 2.24) is 18.6 Å². The summed E-state index contributed by atoms with van der Waals surface area (Å²) in [7, 11) is -0.338. The van der Waals surface area contributed by atoms with Crippen LogP contribution in [0.2, 0.25) is 0 Å². The summed E-state index contributed by atoms with van der Waals surface area (Å²) < 4.78 is 27.9. The molecular weight excluding hydrogens is 378 g/mol. The summed E-state index contributed by atoms with van der Waals surface area (Å²) >= 11 is 0. The summed E-state index contributed by atoms with van der Waals surface area (Å²) in [5.74, 6) is 2.11. The normalized spacial score (nSPS) is 23.9. The molecule has 1 aliphatic carbocycles. The number of aryl methyl sites for hydroxylation is 1. The van der Waals surface area contributed by atoms with Crippen molar-refractivity contribution in [2.24, 2.45) is 5.92 Å². The van der Waals surface area contributed by atoms with Gasteiger partial charge >= 0.3 is 0 Å². The standard InChI is InChI=1S/C19H29N5O3S/c1-13-16-8-9-17(25)24(11-14-6-7-14)19(16)21-18(20-13)15-5-4-10-23(12-15)28(26,27)22(2)3/h14-15H,4-12H2,1-3H3/t15-/m0/s1. The van der Waals surface area contributed by atoms with Gasteiger partial charge in [-0.25, -0.2) is 9.97 Å². The molecule has 2 aliphatic heterocycles. The molecule has 28 heavy (non-hydrogen) atoms. The predicted octanol–water partition coefficient (Wildman–Crippen LogP) is 1.46. The maximum Gasteiger partial charge on any atom is 0.281 e. The van der Waals surface area contributed by atoms with Gasteiger partial charge in [-0.15, -0.1) is 0 Å². The van der Waals surface area contributed by atoms with Crippen molar-refractivity contribution in [1.29, 1.82) is 0 Å². The highest BCUT2D eigenvalue weighted by Crippen LogP contribution is 2.36. The second-order valence-electron chi connectivity index (χ2n) is 8.40. The molecule has 1 saturated carbocycles. The molecule has 3 heterocycles. The number of anilines is 1. The summed E-state index contributed by atoms with van der Waals surface area (Å²) in [5.41, 5.74) is 1.98. The zero-order valence-corrected chi connectivity index (χ0v) is 17.7. The van der Waals surface area contributed by atoms with Gasteiger partial charge in [0.2, 0.25) is 5.91 Å². The van der Waals surface area contributed by atoms with Crippen LogP contribution in [0.15, 0.2) is 0 Å². The highest BCUT2D eigenvalue weighted by Gasteiger charge is 2.36. The Labute approximate surface area is 167 Å². The molecule has 1 aromatic heterocycles. The predicted molar refractivity (Wildman–Crippen MR) is 106 cm³/mol. The van der Waals surface area contributed by atoms with Crippen molar-refractivity contribution in [2.75, 3.05) is 38.6 Å². The number of fused-ring (bicyclic) bond motifs is 1. The Morgan fingerprint density at radius 1 is 1.14 bits per heavy atom. The Morgan fingerprint density at radius 2 is 1.89 bits per heavy atom. The molecule has 2 fully saturated rings. The van der Waals surface area contributed by atoms with Gasteiger partial charge < -0.3 is 0 Å². The fourth-order valence-electron chi connectivity index (χ4n) is 4.13. The van der Waals surface area contributed by atoms with E-state index in [1.54, 1.807) is 14.1 Å². The number of carbonyl (C=O) groups is 1. The quantitative estimate of drug-likeness (QED) is 0.738. The monoisotopic (exact) mass is 407 g/mol. The van der Waals surface area contributed by atoms with Gasteiger partial charge in [0.25, 0.3) is 10.2 Å². The molecule has 9 heteroatoms. The smallest absolute Gasteiger partial charge is 0.281 e. The maximum atomic E-state index is 12.6. The van der Waals surface area contributed by atoms with Gasteiger partial charge in [-0.3, -0.25) is 9.69 Å². The minimum absolute atomic E-state index is 0.0488. The van der Waals surface area contributed by atoms with Gasteiger partial charge in [-0.1, -0.05) is 0 Å². The van der Waals surface area contributed by atoms with E-state index in [1.807, 2.05) is 11.8 Å². The number of nitrogens with zero attached hydrogens (tertiary/aromatic N) is 5. The Balaban J connectivity index is 1.64. The maximum absolute atomic E-state index is 12.6. The Kier molecular flexibility index (Phi) is 5.18. The highest BCUT2D eigenvalue weighted by molar-refractivity contribution is 7.86. The molecule has 3 aliphatic rings. The molecule has 1 amide bonds. The minimum Gasteiger partial charge on any atom is -0.296 e. The van der Waals surface area contributed by atoms with E-state index in [0.717, 1.165) is 36.5 Å². The van der Waals surface area contributed by atoms with Gasteiger partial charge in [-0.05, 0) is 44.9 Å². The van der Waals surface area contributed by atoms with E-state index in [-0.39, 0.29) is 11.8 Å². The average molecular weight is 408 g/mol. The van der Waals surface area contributed by atoms with Gasteiger partial charge in [0.15, 0.2) is 0 Å². The van der Waals surface area contributed by atoms with Crippen LogP contribution in [0.25, 0.3) is 0 Å². The summed E-state index contributed by atoms with van der Waals surface area (Å²) in [6.07, 6.45) is 5.19. The molecule has 0 bridgehead atoms. The fraction of sp³-hybridized carbons (Fsp3) is 0.737. The van der Waals surface area contributed by atoms with Crippen LogP contribution in [0.5, 0.6) is 0 Å². The summed E-state index contributed by atoms with van der Waals surface area (Å²) in [4.78, 5) is 24.0. The third-order valence-corrected chi connectivity index (χ3v) is 7.94. The van der Waals surface area contributed by atoms with Crippen LogP contribution in [0.1, 0.15) is 55.1 Å². The first-order valence-electron chi connectivity index (χ1n) is 10.1. The Bertz CT molecular complexity index is 882. The zero-order chi connectivity index (χ0) is 20.1. The molecule has 4 rings (SSSR count). The van der Waals surface area contributed by atoms with E-state index >= 15 is 0 Å². The molecule has 0 spiro atoms. The molecule has 1 saturated heterocycles. The van der Waals surface area contributed by atoms with Crippen molar-refractivity contribution in [2.45, 2.75) is 51.4 Å². The lowest BCUT2D eigenvalue weighted by atomic mass is 9.97. The number of aromatic nitrogens is 2.